The highest BCUT2D eigenvalue weighted by Crippen LogP contribution is 2.28. The van der Waals surface area contributed by atoms with Crippen LogP contribution < -0.4 is 11.4 Å². The van der Waals surface area contributed by atoms with Gasteiger partial charge in [-0.25, -0.2) is 9.59 Å². The molecule has 2 aromatic rings. The Kier molecular flexibility index (Phi) is 4.54. The molecule has 0 saturated carbocycles. The van der Waals surface area contributed by atoms with Gasteiger partial charge in [-0.3, -0.25) is 9.55 Å². The number of carbonyl (C=O) groups excluding carboxylic acids is 1. The Labute approximate surface area is 136 Å². The van der Waals surface area contributed by atoms with Crippen LogP contribution in [0.1, 0.15) is 23.0 Å². The number of nitrogens with two attached hydrogens (primary N) is 1. The fourth-order valence-corrected chi connectivity index (χ4v) is 2.41. The number of nitrogens with zero attached hydrogens (tertiary/aromatic N) is 3. The average molecular weight is 332 g/mol. The predicted octanol–water partition coefficient (Wildman–Crippen LogP) is -0.274. The number of anilines is 1. The van der Waals surface area contributed by atoms with E-state index in [1.54, 1.807) is 18.3 Å². The summed E-state index contributed by atoms with van der Waals surface area (Å²) in [7, 11) is 0. The lowest BCUT2D eigenvalue weighted by molar-refractivity contribution is -0.0531. The minimum atomic E-state index is -0.874. The maximum atomic E-state index is 11.9. The number of aromatic nitrogens is 3. The Hall–Kier alpha value is -2.78. The monoisotopic (exact) mass is 332 g/mol. The Balaban J connectivity index is 1.62. The molecule has 1 aliphatic heterocycles. The van der Waals surface area contributed by atoms with Crippen LogP contribution in [0.2, 0.25) is 0 Å². The van der Waals surface area contributed by atoms with Crippen LogP contribution in [-0.2, 0) is 9.47 Å². The van der Waals surface area contributed by atoms with Gasteiger partial charge in [-0.05, 0) is 18.2 Å². The quantitative estimate of drug-likeness (QED) is 0.732. The van der Waals surface area contributed by atoms with E-state index >= 15 is 0 Å². The molecule has 3 atom stereocenters. The van der Waals surface area contributed by atoms with Crippen molar-refractivity contribution in [3.63, 3.8) is 0 Å². The molecular formula is C15H16N4O5. The lowest BCUT2D eigenvalue weighted by Gasteiger charge is -2.16. The topological polar surface area (TPSA) is 130 Å². The minimum Gasteiger partial charge on any atom is -0.459 e. The summed E-state index contributed by atoms with van der Waals surface area (Å²) in [5.74, 6) is -0.453. The zero-order valence-corrected chi connectivity index (χ0v) is 12.6. The van der Waals surface area contributed by atoms with E-state index in [2.05, 4.69) is 9.97 Å². The third kappa shape index (κ3) is 3.42. The molecule has 24 heavy (non-hydrogen) atoms. The SMILES string of the molecule is Nc1ccn([C@H]2C[C@H](O)[C@@H](COC(=O)c3cccnc3)O2)c(=O)n1. The Bertz CT molecular complexity index is 779. The number of aliphatic hydroxyl groups excluding tert-OH is 1. The number of rotatable bonds is 4. The zero-order chi connectivity index (χ0) is 17.1. The maximum Gasteiger partial charge on any atom is 0.351 e. The lowest BCUT2D eigenvalue weighted by atomic mass is 10.2. The fraction of sp³-hybridized carbons (Fsp3) is 0.333. The van der Waals surface area contributed by atoms with Crippen LogP contribution >= 0.6 is 0 Å². The molecule has 9 nitrogen and oxygen atoms in total. The summed E-state index contributed by atoms with van der Waals surface area (Å²) < 4.78 is 12.0. The maximum absolute atomic E-state index is 11.9. The number of pyridine rings is 1. The van der Waals surface area contributed by atoms with Gasteiger partial charge in [0.15, 0.2) is 0 Å². The van der Waals surface area contributed by atoms with Crippen LogP contribution in [0.5, 0.6) is 0 Å². The Morgan fingerprint density at radius 1 is 1.50 bits per heavy atom. The van der Waals surface area contributed by atoms with Crippen molar-refractivity contribution in [1.29, 1.82) is 0 Å². The molecule has 3 heterocycles. The molecule has 3 N–H and O–H groups in total. The van der Waals surface area contributed by atoms with Gasteiger partial charge in [-0.2, -0.15) is 4.98 Å². The summed E-state index contributed by atoms with van der Waals surface area (Å²) >= 11 is 0. The highest BCUT2D eigenvalue weighted by Gasteiger charge is 2.36. The summed E-state index contributed by atoms with van der Waals surface area (Å²) in [4.78, 5) is 31.1. The molecule has 0 radical (unpaired) electrons. The molecule has 0 amide bonds. The van der Waals surface area contributed by atoms with Gasteiger partial charge in [-0.15, -0.1) is 0 Å². The molecule has 3 rings (SSSR count). The van der Waals surface area contributed by atoms with Crippen LogP contribution in [0.3, 0.4) is 0 Å². The van der Waals surface area contributed by atoms with Crippen molar-refractivity contribution in [2.75, 3.05) is 12.3 Å². The summed E-state index contributed by atoms with van der Waals surface area (Å²) in [5, 5.41) is 10.1. The number of carbonyl (C=O) groups is 1. The number of hydrogen-bond donors (Lipinski definition) is 2. The fourth-order valence-electron chi connectivity index (χ4n) is 2.41. The van der Waals surface area contributed by atoms with E-state index in [1.165, 1.54) is 23.0 Å². The molecule has 2 aromatic heterocycles. The van der Waals surface area contributed by atoms with Gasteiger partial charge in [-0.1, -0.05) is 0 Å². The average Bonchev–Trinajstić information content (AvgIpc) is 2.94. The first kappa shape index (κ1) is 16.1. The van der Waals surface area contributed by atoms with Gasteiger partial charge in [0.2, 0.25) is 0 Å². The van der Waals surface area contributed by atoms with Gasteiger partial charge in [0.1, 0.15) is 24.8 Å². The number of aliphatic hydroxyl groups is 1. The zero-order valence-electron chi connectivity index (χ0n) is 12.6. The van der Waals surface area contributed by atoms with Gasteiger partial charge < -0.3 is 20.3 Å². The van der Waals surface area contributed by atoms with Crippen molar-refractivity contribution in [1.82, 2.24) is 14.5 Å². The van der Waals surface area contributed by atoms with Gasteiger partial charge in [0, 0.05) is 25.0 Å². The van der Waals surface area contributed by atoms with Crippen molar-refractivity contribution >= 4 is 11.8 Å². The van der Waals surface area contributed by atoms with Crippen molar-refractivity contribution in [2.24, 2.45) is 0 Å². The van der Waals surface area contributed by atoms with Crippen LogP contribution in [0.4, 0.5) is 5.82 Å². The summed E-state index contributed by atoms with van der Waals surface area (Å²) in [6, 6.07) is 4.66. The molecule has 126 valence electrons. The second-order valence-electron chi connectivity index (χ2n) is 5.31. The molecule has 1 fully saturated rings. The molecule has 1 aliphatic rings. The number of esters is 1. The smallest absolute Gasteiger partial charge is 0.351 e. The molecule has 0 aliphatic carbocycles. The van der Waals surface area contributed by atoms with E-state index in [-0.39, 0.29) is 18.8 Å². The minimum absolute atomic E-state index is 0.108. The third-order valence-corrected chi connectivity index (χ3v) is 3.64. The largest absolute Gasteiger partial charge is 0.459 e. The van der Waals surface area contributed by atoms with Crippen LogP contribution in [0, 0.1) is 0 Å². The first-order valence-corrected chi connectivity index (χ1v) is 7.30. The second kappa shape index (κ2) is 6.77. The van der Waals surface area contributed by atoms with Gasteiger partial charge in [0.25, 0.3) is 0 Å². The van der Waals surface area contributed by atoms with Crippen molar-refractivity contribution in [2.45, 2.75) is 24.9 Å². The summed E-state index contributed by atoms with van der Waals surface area (Å²) in [6.45, 7) is -0.136. The van der Waals surface area contributed by atoms with Crippen molar-refractivity contribution in [3.8, 4) is 0 Å². The molecule has 0 spiro atoms. The van der Waals surface area contributed by atoms with E-state index < -0.39 is 30.1 Å². The van der Waals surface area contributed by atoms with Gasteiger partial charge in [0.05, 0.1) is 11.7 Å². The van der Waals surface area contributed by atoms with Crippen molar-refractivity contribution in [3.05, 3.63) is 52.8 Å². The Morgan fingerprint density at radius 3 is 3.04 bits per heavy atom. The van der Waals surface area contributed by atoms with Crippen LogP contribution in [-0.4, -0.2) is 44.4 Å². The number of nitrogen functional groups attached to an aromatic ring is 1. The summed E-state index contributed by atoms with van der Waals surface area (Å²) in [6.07, 6.45) is 2.26. The second-order valence-corrected chi connectivity index (χ2v) is 5.31. The number of hydrogen-bond acceptors (Lipinski definition) is 8. The first-order valence-electron chi connectivity index (χ1n) is 7.30. The highest BCUT2D eigenvalue weighted by molar-refractivity contribution is 5.88. The highest BCUT2D eigenvalue weighted by atomic mass is 16.6. The Morgan fingerprint density at radius 2 is 2.33 bits per heavy atom. The first-order chi connectivity index (χ1) is 11.5. The molecular weight excluding hydrogens is 316 g/mol. The van der Waals surface area contributed by atoms with Gasteiger partial charge >= 0.3 is 11.7 Å². The van der Waals surface area contributed by atoms with Crippen LogP contribution in [0.15, 0.2) is 41.6 Å². The van der Waals surface area contributed by atoms with Crippen molar-refractivity contribution < 1.29 is 19.4 Å². The predicted molar refractivity (Wildman–Crippen MR) is 82.0 cm³/mol. The third-order valence-electron chi connectivity index (χ3n) is 3.64. The molecule has 0 aromatic carbocycles. The standard InChI is InChI=1S/C15H16N4O5/c16-12-3-5-19(15(22)18-12)13-6-10(20)11(24-13)8-23-14(21)9-2-1-4-17-7-9/h1-5,7,10-11,13,20H,6,8H2,(H2,16,18,22)/t10-,11+,13+/m0/s1. The van der Waals surface area contributed by atoms with E-state index in [9.17, 15) is 14.7 Å². The van der Waals surface area contributed by atoms with E-state index in [0.29, 0.717) is 5.56 Å². The number of ether oxygens (including phenoxy) is 2. The normalized spacial score (nSPS) is 23.1. The van der Waals surface area contributed by atoms with E-state index in [0.717, 1.165) is 0 Å². The molecule has 1 saturated heterocycles. The van der Waals surface area contributed by atoms with E-state index in [4.69, 9.17) is 15.2 Å². The summed E-state index contributed by atoms with van der Waals surface area (Å²) in [5.41, 5.74) is 5.18. The molecule has 0 bridgehead atoms. The molecule has 9 heteroatoms. The van der Waals surface area contributed by atoms with Crippen LogP contribution in [0.25, 0.3) is 0 Å². The van der Waals surface area contributed by atoms with E-state index in [1.807, 2.05) is 0 Å². The molecule has 0 unspecified atom stereocenters. The lowest BCUT2D eigenvalue weighted by Crippen LogP contribution is -2.29.